The van der Waals surface area contributed by atoms with Crippen molar-refractivity contribution in [3.8, 4) is 0 Å². The van der Waals surface area contributed by atoms with Gasteiger partial charge in [-0.25, -0.2) is 17.9 Å². The number of carbonyl (C=O) groups is 1. The molecule has 1 unspecified atom stereocenters. The minimum atomic E-state index is -3.85. The number of aryl methyl sites for hydroxylation is 1. The number of rotatable bonds is 5. The zero-order chi connectivity index (χ0) is 15.0. The summed E-state index contributed by atoms with van der Waals surface area (Å²) in [6.45, 7) is 4.20. The van der Waals surface area contributed by atoms with Gasteiger partial charge in [0.25, 0.3) is 0 Å². The first-order chi connectivity index (χ1) is 9.25. The lowest BCUT2D eigenvalue weighted by Crippen LogP contribution is -2.40. The van der Waals surface area contributed by atoms with Crippen LogP contribution in [0.25, 0.3) is 0 Å². The second-order valence-corrected chi connectivity index (χ2v) is 7.69. The maximum absolute atomic E-state index is 12.3. The van der Waals surface area contributed by atoms with Gasteiger partial charge in [-0.05, 0) is 37.6 Å². The van der Waals surface area contributed by atoms with Crippen molar-refractivity contribution in [1.82, 2.24) is 4.72 Å². The number of hydrogen-bond acceptors (Lipinski definition) is 5. The Morgan fingerprint density at radius 3 is 2.85 bits per heavy atom. The average Bonchev–Trinajstić information content (AvgIpc) is 2.94. The van der Waals surface area contributed by atoms with Crippen LogP contribution in [0.15, 0.2) is 10.3 Å². The summed E-state index contributed by atoms with van der Waals surface area (Å²) >= 11 is 0.918. The molecule has 8 heteroatoms. The molecule has 0 aliphatic carbocycles. The Balaban J connectivity index is 2.22. The zero-order valence-electron chi connectivity index (χ0n) is 11.3. The number of aromatic carboxylic acids is 1. The number of thiophene rings is 1. The highest BCUT2D eigenvalue weighted by Gasteiger charge is 2.33. The van der Waals surface area contributed by atoms with Gasteiger partial charge in [0.05, 0.1) is 5.60 Å². The van der Waals surface area contributed by atoms with Crippen LogP contribution in [0.5, 0.6) is 0 Å². The molecule has 2 heterocycles. The Labute approximate surface area is 121 Å². The summed E-state index contributed by atoms with van der Waals surface area (Å²) in [4.78, 5) is 10.8. The molecule has 0 radical (unpaired) electrons. The van der Waals surface area contributed by atoms with Crippen LogP contribution in [0.4, 0.5) is 0 Å². The topological polar surface area (TPSA) is 92.7 Å². The maximum Gasteiger partial charge on any atom is 0.347 e. The predicted octanol–water partition coefficient (Wildman–Crippen LogP) is 1.60. The van der Waals surface area contributed by atoms with Gasteiger partial charge >= 0.3 is 5.97 Å². The Morgan fingerprint density at radius 1 is 1.60 bits per heavy atom. The molecule has 2 rings (SSSR count). The molecular weight excluding hydrogens is 302 g/mol. The minimum absolute atomic E-state index is 0.142. The highest BCUT2D eigenvalue weighted by Crippen LogP contribution is 2.28. The second-order valence-electron chi connectivity index (χ2n) is 5.11. The van der Waals surface area contributed by atoms with Crippen molar-refractivity contribution in [2.45, 2.75) is 37.2 Å². The van der Waals surface area contributed by atoms with Crippen LogP contribution in [0.3, 0.4) is 0 Å². The van der Waals surface area contributed by atoms with Crippen molar-refractivity contribution >= 4 is 27.3 Å². The largest absolute Gasteiger partial charge is 0.477 e. The van der Waals surface area contributed by atoms with Crippen LogP contribution >= 0.6 is 11.3 Å². The van der Waals surface area contributed by atoms with Gasteiger partial charge in [-0.15, -0.1) is 11.3 Å². The molecule has 1 aliphatic rings. The van der Waals surface area contributed by atoms with E-state index in [1.807, 2.05) is 6.92 Å². The third-order valence-electron chi connectivity index (χ3n) is 3.32. The Bertz CT molecular complexity index is 614. The van der Waals surface area contributed by atoms with E-state index in [2.05, 4.69) is 4.72 Å². The first kappa shape index (κ1) is 15.4. The van der Waals surface area contributed by atoms with Gasteiger partial charge < -0.3 is 9.84 Å². The lowest BCUT2D eigenvalue weighted by atomic mass is 10.0. The molecule has 0 amide bonds. The zero-order valence-corrected chi connectivity index (χ0v) is 12.9. The number of nitrogens with one attached hydrogen (secondary N) is 1. The Morgan fingerprint density at radius 2 is 2.30 bits per heavy atom. The minimum Gasteiger partial charge on any atom is -0.477 e. The van der Waals surface area contributed by atoms with Crippen molar-refractivity contribution in [3.05, 3.63) is 15.8 Å². The summed E-state index contributed by atoms with van der Waals surface area (Å²) in [6.07, 6.45) is 1.68. The van der Waals surface area contributed by atoms with E-state index in [1.165, 1.54) is 5.38 Å². The standard InChI is InChI=1S/C12H17NO5S2/c1-8-6-19-9(11(14)15)10(8)20(16,17)13-7-12(2)4-3-5-18-12/h6,13H,3-5,7H2,1-2H3,(H,14,15). The van der Waals surface area contributed by atoms with Gasteiger partial charge in [-0.3, -0.25) is 0 Å². The lowest BCUT2D eigenvalue weighted by Gasteiger charge is -2.23. The molecular formula is C12H17NO5S2. The van der Waals surface area contributed by atoms with Crippen molar-refractivity contribution in [3.63, 3.8) is 0 Å². The van der Waals surface area contributed by atoms with Gasteiger partial charge in [-0.1, -0.05) is 0 Å². The van der Waals surface area contributed by atoms with Crippen LogP contribution in [0.2, 0.25) is 0 Å². The molecule has 0 bridgehead atoms. The van der Waals surface area contributed by atoms with Crippen molar-refractivity contribution < 1.29 is 23.1 Å². The molecule has 1 aliphatic heterocycles. The molecule has 1 atom stereocenters. The van der Waals surface area contributed by atoms with Gasteiger partial charge in [-0.2, -0.15) is 0 Å². The SMILES string of the molecule is Cc1csc(C(=O)O)c1S(=O)(=O)NCC1(C)CCCO1. The number of sulfonamides is 1. The second kappa shape index (κ2) is 5.44. The summed E-state index contributed by atoms with van der Waals surface area (Å²) < 4.78 is 32.6. The van der Waals surface area contributed by atoms with Crippen molar-refractivity contribution in [1.29, 1.82) is 0 Å². The van der Waals surface area contributed by atoms with Crippen LogP contribution in [0.1, 0.15) is 35.0 Å². The van der Waals surface area contributed by atoms with E-state index in [0.717, 1.165) is 24.2 Å². The normalized spacial score (nSPS) is 23.1. The summed E-state index contributed by atoms with van der Waals surface area (Å²) in [5.41, 5.74) is -0.0715. The van der Waals surface area contributed by atoms with E-state index in [4.69, 9.17) is 9.84 Å². The number of carboxylic acid groups (broad SMARTS) is 1. The van der Waals surface area contributed by atoms with E-state index in [0.29, 0.717) is 12.2 Å². The smallest absolute Gasteiger partial charge is 0.347 e. The van der Waals surface area contributed by atoms with Crippen LogP contribution in [-0.4, -0.2) is 38.2 Å². The average molecular weight is 319 g/mol. The Kier molecular flexibility index (Phi) is 4.19. The fourth-order valence-corrected chi connectivity index (χ4v) is 4.99. The van der Waals surface area contributed by atoms with E-state index in [-0.39, 0.29) is 16.3 Å². The summed E-state index contributed by atoms with van der Waals surface area (Å²) in [6, 6.07) is 0. The van der Waals surface area contributed by atoms with E-state index in [9.17, 15) is 13.2 Å². The molecule has 0 aromatic carbocycles. The third-order valence-corrected chi connectivity index (χ3v) is 6.12. The molecule has 0 saturated carbocycles. The lowest BCUT2D eigenvalue weighted by molar-refractivity contribution is 0.0250. The molecule has 0 spiro atoms. The van der Waals surface area contributed by atoms with Crippen LogP contribution < -0.4 is 4.72 Å². The van der Waals surface area contributed by atoms with Gasteiger partial charge in [0.1, 0.15) is 9.77 Å². The molecule has 6 nitrogen and oxygen atoms in total. The summed E-state index contributed by atoms with van der Waals surface area (Å²) in [5, 5.41) is 10.6. The molecule has 2 N–H and O–H groups in total. The molecule has 1 fully saturated rings. The monoisotopic (exact) mass is 319 g/mol. The first-order valence-electron chi connectivity index (χ1n) is 6.20. The number of carboxylic acids is 1. The van der Waals surface area contributed by atoms with Crippen LogP contribution in [-0.2, 0) is 14.8 Å². The first-order valence-corrected chi connectivity index (χ1v) is 8.56. The third kappa shape index (κ3) is 3.03. The fourth-order valence-electron chi connectivity index (χ4n) is 2.21. The van der Waals surface area contributed by atoms with Crippen molar-refractivity contribution in [2.24, 2.45) is 0 Å². The summed E-state index contributed by atoms with van der Waals surface area (Å²) in [7, 11) is -3.85. The molecule has 1 aromatic rings. The number of hydrogen-bond donors (Lipinski definition) is 2. The summed E-state index contributed by atoms with van der Waals surface area (Å²) in [5.74, 6) is -1.23. The van der Waals surface area contributed by atoms with Crippen molar-refractivity contribution in [2.75, 3.05) is 13.2 Å². The molecule has 1 aromatic heterocycles. The van der Waals surface area contributed by atoms with E-state index < -0.39 is 21.6 Å². The van der Waals surface area contributed by atoms with Gasteiger partial charge in [0.15, 0.2) is 0 Å². The number of ether oxygens (including phenoxy) is 1. The quantitative estimate of drug-likeness (QED) is 0.860. The highest BCUT2D eigenvalue weighted by atomic mass is 32.2. The van der Waals surface area contributed by atoms with Gasteiger partial charge in [0, 0.05) is 13.2 Å². The van der Waals surface area contributed by atoms with E-state index in [1.54, 1.807) is 6.92 Å². The maximum atomic E-state index is 12.3. The van der Waals surface area contributed by atoms with Gasteiger partial charge in [0.2, 0.25) is 10.0 Å². The Hall–Kier alpha value is -0.960. The van der Waals surface area contributed by atoms with E-state index >= 15 is 0 Å². The molecule has 1 saturated heterocycles. The highest BCUT2D eigenvalue weighted by molar-refractivity contribution is 7.89. The molecule has 112 valence electrons. The predicted molar refractivity (Wildman–Crippen MR) is 74.8 cm³/mol. The fraction of sp³-hybridized carbons (Fsp3) is 0.583. The van der Waals surface area contributed by atoms with Crippen LogP contribution in [0, 0.1) is 6.92 Å². The molecule has 20 heavy (non-hydrogen) atoms.